The zero-order chi connectivity index (χ0) is 18.2. The van der Waals surface area contributed by atoms with Gasteiger partial charge in [-0.05, 0) is 36.1 Å². The van der Waals surface area contributed by atoms with Crippen molar-refractivity contribution in [3.63, 3.8) is 0 Å². The second-order valence-electron chi connectivity index (χ2n) is 6.18. The van der Waals surface area contributed by atoms with Crippen LogP contribution in [-0.2, 0) is 0 Å². The van der Waals surface area contributed by atoms with Crippen molar-refractivity contribution in [2.45, 2.75) is 32.6 Å². The van der Waals surface area contributed by atoms with Gasteiger partial charge in [0.25, 0.3) is 0 Å². The van der Waals surface area contributed by atoms with Crippen LogP contribution >= 0.6 is 0 Å². The van der Waals surface area contributed by atoms with Crippen LogP contribution in [0.5, 0.6) is 0 Å². The maximum atomic E-state index is 10.8. The Morgan fingerprint density at radius 1 is 1.00 bits per heavy atom. The fourth-order valence-electron chi connectivity index (χ4n) is 2.78. The summed E-state index contributed by atoms with van der Waals surface area (Å²) in [5.41, 5.74) is 3.80. The summed E-state index contributed by atoms with van der Waals surface area (Å²) < 4.78 is 5.81. The molecule has 0 radical (unpaired) electrons. The van der Waals surface area contributed by atoms with Crippen molar-refractivity contribution in [1.82, 2.24) is 10.2 Å². The maximum absolute atomic E-state index is 10.8. The number of aldehydes is 1. The molecule has 0 amide bonds. The van der Waals surface area contributed by atoms with E-state index < -0.39 is 0 Å². The fraction of sp³-hybridized carbons (Fsp3) is 0.227. The van der Waals surface area contributed by atoms with Crippen molar-refractivity contribution < 1.29 is 9.21 Å². The summed E-state index contributed by atoms with van der Waals surface area (Å²) in [7, 11) is 0. The molecule has 0 N–H and O–H groups in total. The Morgan fingerprint density at radius 3 is 2.46 bits per heavy atom. The van der Waals surface area contributed by atoms with Crippen LogP contribution in [0.2, 0.25) is 0 Å². The van der Waals surface area contributed by atoms with Gasteiger partial charge in [-0.1, -0.05) is 62.2 Å². The van der Waals surface area contributed by atoms with Gasteiger partial charge in [0.15, 0.2) is 0 Å². The van der Waals surface area contributed by atoms with E-state index in [9.17, 15) is 4.79 Å². The molecule has 0 aliphatic carbocycles. The Bertz CT molecular complexity index is 865. The molecule has 132 valence electrons. The third-order valence-electron chi connectivity index (χ3n) is 4.23. The fourth-order valence-corrected chi connectivity index (χ4v) is 2.78. The van der Waals surface area contributed by atoms with Crippen LogP contribution in [0.1, 0.15) is 54.4 Å². The number of unbranched alkanes of at least 4 members (excludes halogenated alkanes) is 2. The van der Waals surface area contributed by atoms with E-state index in [1.165, 1.54) is 24.0 Å². The average molecular weight is 346 g/mol. The number of rotatable bonds is 8. The number of hydrogen-bond donors (Lipinski definition) is 0. The molecule has 3 rings (SSSR count). The quantitative estimate of drug-likeness (QED) is 0.389. The Hall–Kier alpha value is -3.01. The maximum Gasteiger partial charge on any atom is 0.248 e. The first-order chi connectivity index (χ1) is 12.8. The summed E-state index contributed by atoms with van der Waals surface area (Å²) in [5.74, 6) is 0.949. The van der Waals surface area contributed by atoms with Crippen LogP contribution < -0.4 is 0 Å². The van der Waals surface area contributed by atoms with Crippen LogP contribution in [0.3, 0.4) is 0 Å². The summed E-state index contributed by atoms with van der Waals surface area (Å²) in [6.45, 7) is 2.20. The van der Waals surface area contributed by atoms with Gasteiger partial charge in [-0.25, -0.2) is 0 Å². The Kier molecular flexibility index (Phi) is 6.09. The lowest BCUT2D eigenvalue weighted by molar-refractivity contribution is 0.112. The number of carbonyl (C=O) groups is 1. The zero-order valence-corrected chi connectivity index (χ0v) is 14.9. The van der Waals surface area contributed by atoms with Gasteiger partial charge < -0.3 is 4.42 Å². The standard InChI is InChI=1S/C22H22N2O2/c1-2-3-5-10-20(18-8-6-4-7-9-18)15-21-23-24-22(26-21)19-13-11-17(16-25)12-14-19/h4,6-9,11-16H,2-3,5,10H2,1H3. The van der Waals surface area contributed by atoms with Crippen LogP contribution in [-0.4, -0.2) is 16.5 Å². The highest BCUT2D eigenvalue weighted by atomic mass is 16.4. The highest BCUT2D eigenvalue weighted by Gasteiger charge is 2.09. The van der Waals surface area contributed by atoms with Crippen LogP contribution in [0.25, 0.3) is 23.1 Å². The number of allylic oxidation sites excluding steroid dienone is 1. The van der Waals surface area contributed by atoms with Crippen LogP contribution in [0.15, 0.2) is 59.0 Å². The predicted molar refractivity (Wildman–Crippen MR) is 104 cm³/mol. The Morgan fingerprint density at radius 2 is 1.77 bits per heavy atom. The van der Waals surface area contributed by atoms with E-state index in [0.29, 0.717) is 17.3 Å². The monoisotopic (exact) mass is 346 g/mol. The molecule has 1 heterocycles. The highest BCUT2D eigenvalue weighted by molar-refractivity contribution is 5.79. The lowest BCUT2D eigenvalue weighted by Crippen LogP contribution is -1.86. The Labute approximate surface area is 153 Å². The molecule has 0 atom stereocenters. The van der Waals surface area contributed by atoms with Gasteiger partial charge in [0.1, 0.15) is 6.29 Å². The van der Waals surface area contributed by atoms with E-state index in [-0.39, 0.29) is 0 Å². The molecule has 0 unspecified atom stereocenters. The second-order valence-corrected chi connectivity index (χ2v) is 6.18. The first-order valence-corrected chi connectivity index (χ1v) is 8.95. The average Bonchev–Trinajstić information content (AvgIpc) is 3.17. The molecule has 0 fully saturated rings. The Balaban J connectivity index is 1.85. The first kappa shape index (κ1) is 17.8. The van der Waals surface area contributed by atoms with E-state index >= 15 is 0 Å². The van der Waals surface area contributed by atoms with Gasteiger partial charge >= 0.3 is 0 Å². The molecular formula is C22H22N2O2. The normalized spacial score (nSPS) is 11.5. The van der Waals surface area contributed by atoms with E-state index in [1.807, 2.05) is 36.4 Å². The van der Waals surface area contributed by atoms with E-state index in [0.717, 1.165) is 24.7 Å². The molecule has 0 aliphatic heterocycles. The molecule has 1 aromatic heterocycles. The highest BCUT2D eigenvalue weighted by Crippen LogP contribution is 2.25. The van der Waals surface area contributed by atoms with Gasteiger partial charge in [-0.3, -0.25) is 4.79 Å². The molecule has 4 heteroatoms. The van der Waals surface area contributed by atoms with Crippen molar-refractivity contribution >= 4 is 17.9 Å². The zero-order valence-electron chi connectivity index (χ0n) is 14.9. The second kappa shape index (κ2) is 8.90. The summed E-state index contributed by atoms with van der Waals surface area (Å²) in [6, 6.07) is 17.4. The molecule has 0 aliphatic rings. The van der Waals surface area contributed by atoms with Crippen LogP contribution in [0.4, 0.5) is 0 Å². The van der Waals surface area contributed by atoms with E-state index in [2.05, 4.69) is 29.3 Å². The van der Waals surface area contributed by atoms with Crippen molar-refractivity contribution in [1.29, 1.82) is 0 Å². The molecule has 0 saturated heterocycles. The van der Waals surface area contributed by atoms with Crippen molar-refractivity contribution in [3.05, 3.63) is 71.6 Å². The van der Waals surface area contributed by atoms with Gasteiger partial charge in [-0.15, -0.1) is 10.2 Å². The molecule has 0 saturated carbocycles. The lowest BCUT2D eigenvalue weighted by atomic mass is 9.99. The first-order valence-electron chi connectivity index (χ1n) is 8.95. The van der Waals surface area contributed by atoms with Crippen LogP contribution in [0, 0.1) is 0 Å². The van der Waals surface area contributed by atoms with Gasteiger partial charge in [0, 0.05) is 17.2 Å². The number of hydrogen-bond acceptors (Lipinski definition) is 4. The van der Waals surface area contributed by atoms with Gasteiger partial charge in [-0.2, -0.15) is 0 Å². The summed E-state index contributed by atoms with van der Waals surface area (Å²) in [4.78, 5) is 10.8. The molecule has 2 aromatic carbocycles. The van der Waals surface area contributed by atoms with Gasteiger partial charge in [0.05, 0.1) is 0 Å². The van der Waals surface area contributed by atoms with Gasteiger partial charge in [0.2, 0.25) is 11.8 Å². The van der Waals surface area contributed by atoms with E-state index in [4.69, 9.17) is 4.42 Å². The molecular weight excluding hydrogens is 324 g/mol. The smallest absolute Gasteiger partial charge is 0.248 e. The van der Waals surface area contributed by atoms with Crippen molar-refractivity contribution in [2.24, 2.45) is 0 Å². The van der Waals surface area contributed by atoms with E-state index in [1.54, 1.807) is 12.1 Å². The number of carbonyl (C=O) groups excluding carboxylic acids is 1. The molecule has 0 bridgehead atoms. The van der Waals surface area contributed by atoms with Crippen molar-refractivity contribution in [3.8, 4) is 11.5 Å². The lowest BCUT2D eigenvalue weighted by Gasteiger charge is -2.06. The summed E-state index contributed by atoms with van der Waals surface area (Å²) in [6.07, 6.45) is 7.27. The SMILES string of the molecule is CCCCCC(=Cc1nnc(-c2ccc(C=O)cc2)o1)c1ccccc1. The molecule has 0 spiro atoms. The molecule has 3 aromatic rings. The minimum atomic E-state index is 0.453. The minimum Gasteiger partial charge on any atom is -0.417 e. The molecule has 4 nitrogen and oxygen atoms in total. The topological polar surface area (TPSA) is 56.0 Å². The number of aromatic nitrogens is 2. The predicted octanol–water partition coefficient (Wildman–Crippen LogP) is 5.67. The third-order valence-corrected chi connectivity index (χ3v) is 4.23. The summed E-state index contributed by atoms with van der Waals surface area (Å²) >= 11 is 0. The third kappa shape index (κ3) is 4.54. The largest absolute Gasteiger partial charge is 0.417 e. The minimum absolute atomic E-state index is 0.453. The molecule has 26 heavy (non-hydrogen) atoms. The summed E-state index contributed by atoms with van der Waals surface area (Å²) in [5, 5.41) is 8.30. The van der Waals surface area contributed by atoms with Crippen molar-refractivity contribution in [2.75, 3.05) is 0 Å². The number of nitrogens with zero attached hydrogens (tertiary/aromatic N) is 2. The number of benzene rings is 2.